The molecular formula is C32H72O8Si5. The van der Waals surface area contributed by atoms with Gasteiger partial charge in [0.1, 0.15) is 0 Å². The van der Waals surface area contributed by atoms with Gasteiger partial charge in [-0.3, -0.25) is 9.59 Å². The number of unbranched alkanes of at least 4 members (excludes halogenated alkanes) is 14. The normalized spacial score (nSPS) is 15.5. The monoisotopic (exact) mass is 724 g/mol. The van der Waals surface area contributed by atoms with Crippen molar-refractivity contribution in [2.75, 3.05) is 0 Å². The zero-order chi connectivity index (χ0) is 34.6. The van der Waals surface area contributed by atoms with E-state index in [1.807, 2.05) is 0 Å². The summed E-state index contributed by atoms with van der Waals surface area (Å²) in [7, 11) is -11.1. The van der Waals surface area contributed by atoms with Crippen LogP contribution in [0.15, 0.2) is 0 Å². The molecule has 13 heteroatoms. The van der Waals surface area contributed by atoms with Crippen molar-refractivity contribution in [3.8, 4) is 0 Å². The quantitative estimate of drug-likeness (QED) is 0.0556. The van der Waals surface area contributed by atoms with Crippen molar-refractivity contribution >= 4 is 54.3 Å². The predicted octanol–water partition coefficient (Wildman–Crippen LogP) is 10.8. The van der Waals surface area contributed by atoms with Gasteiger partial charge in [-0.05, 0) is 90.4 Å². The standard InChI is InChI=1S/C32H72O8Si5/c1-41(2,3)37-43(7,8)39-45(10,30-26-22-18-14-12-16-20-24-28-32(35)36)40-44(9,38-42(4,5)6)29-25-21-17-13-11-15-19-23-27-31(33)34/h11-30H2,1-10H3,(H,33,34)(H,35,36). The van der Waals surface area contributed by atoms with Crippen LogP contribution in [-0.2, 0) is 26.0 Å². The third-order valence-electron chi connectivity index (χ3n) is 7.51. The molecule has 2 atom stereocenters. The Hall–Kier alpha value is -0.136. The summed E-state index contributed by atoms with van der Waals surface area (Å²) >= 11 is 0. The molecule has 0 radical (unpaired) electrons. The van der Waals surface area contributed by atoms with Crippen molar-refractivity contribution in [2.24, 2.45) is 0 Å². The van der Waals surface area contributed by atoms with E-state index in [1.165, 1.54) is 44.9 Å². The summed E-state index contributed by atoms with van der Waals surface area (Å²) in [6, 6.07) is 1.94. The van der Waals surface area contributed by atoms with Gasteiger partial charge in [-0.15, -0.1) is 0 Å². The van der Waals surface area contributed by atoms with E-state index in [2.05, 4.69) is 65.5 Å². The molecule has 2 N–H and O–H groups in total. The molecule has 0 spiro atoms. The number of carboxylic acid groups (broad SMARTS) is 2. The first-order chi connectivity index (χ1) is 20.7. The summed E-state index contributed by atoms with van der Waals surface area (Å²) in [5.74, 6) is -1.39. The van der Waals surface area contributed by atoms with Gasteiger partial charge in [0.2, 0.25) is 0 Å². The van der Waals surface area contributed by atoms with Crippen LogP contribution in [0.1, 0.15) is 116 Å². The zero-order valence-electron chi connectivity index (χ0n) is 31.0. The summed E-state index contributed by atoms with van der Waals surface area (Å²) in [4.78, 5) is 21.4. The summed E-state index contributed by atoms with van der Waals surface area (Å²) < 4.78 is 27.9. The van der Waals surface area contributed by atoms with Crippen LogP contribution in [0.4, 0.5) is 0 Å². The van der Waals surface area contributed by atoms with E-state index in [-0.39, 0.29) is 12.8 Å². The molecule has 45 heavy (non-hydrogen) atoms. The topological polar surface area (TPSA) is 112 Å². The van der Waals surface area contributed by atoms with Crippen molar-refractivity contribution in [2.45, 2.75) is 193 Å². The SMILES string of the molecule is C[Si](C)(C)O[Si](C)(C)O[Si](C)(CCCCCCCCCCC(=O)O)O[Si](C)(CCCCCCCCCCC(=O)O)O[Si](C)(C)C. The molecule has 0 saturated heterocycles. The first kappa shape index (κ1) is 44.9. The highest BCUT2D eigenvalue weighted by molar-refractivity contribution is 6.90. The molecule has 0 aromatic carbocycles. The molecule has 0 amide bonds. The second kappa shape index (κ2) is 22.5. The maximum absolute atomic E-state index is 10.7. The van der Waals surface area contributed by atoms with Crippen LogP contribution in [-0.4, -0.2) is 64.5 Å². The first-order valence-electron chi connectivity index (χ1n) is 17.9. The molecule has 0 heterocycles. The lowest BCUT2D eigenvalue weighted by molar-refractivity contribution is -0.138. The molecule has 8 nitrogen and oxygen atoms in total. The Morgan fingerprint density at radius 1 is 0.400 bits per heavy atom. The summed E-state index contributed by atoms with van der Waals surface area (Å²) in [6.07, 6.45) is 18.0. The fourth-order valence-electron chi connectivity index (χ4n) is 6.19. The molecule has 268 valence electrons. The first-order valence-corrected chi connectivity index (χ1v) is 32.6. The average Bonchev–Trinajstić information content (AvgIpc) is 2.82. The lowest BCUT2D eigenvalue weighted by Gasteiger charge is -2.44. The van der Waals surface area contributed by atoms with E-state index in [0.717, 1.165) is 69.9 Å². The lowest BCUT2D eigenvalue weighted by atomic mass is 10.1. The highest BCUT2D eigenvalue weighted by atomic mass is 28.5. The molecular weight excluding hydrogens is 653 g/mol. The van der Waals surface area contributed by atoms with Gasteiger partial charge in [-0.1, -0.05) is 89.9 Å². The summed E-state index contributed by atoms with van der Waals surface area (Å²) in [6.45, 7) is 22.4. The maximum atomic E-state index is 10.7. The van der Waals surface area contributed by atoms with Gasteiger partial charge in [-0.2, -0.15) is 0 Å². The lowest BCUT2D eigenvalue weighted by Crippen LogP contribution is -2.60. The second-order valence-electron chi connectivity index (χ2n) is 15.7. The average molecular weight is 725 g/mol. The zero-order valence-corrected chi connectivity index (χ0v) is 36.0. The predicted molar refractivity (Wildman–Crippen MR) is 200 cm³/mol. The smallest absolute Gasteiger partial charge is 0.317 e. The Morgan fingerprint density at radius 3 is 1.00 bits per heavy atom. The minimum absolute atomic E-state index is 0.283. The second-order valence-corrected chi connectivity index (χ2v) is 35.8. The minimum atomic E-state index is -2.60. The largest absolute Gasteiger partial charge is 0.481 e. The van der Waals surface area contributed by atoms with Crippen LogP contribution < -0.4 is 0 Å². The third kappa shape index (κ3) is 28.6. The van der Waals surface area contributed by atoms with Gasteiger partial charge in [-0.25, -0.2) is 0 Å². The number of hydrogen-bond acceptors (Lipinski definition) is 6. The molecule has 0 aromatic heterocycles. The van der Waals surface area contributed by atoms with Gasteiger partial charge in [0.25, 0.3) is 0 Å². The molecule has 0 bridgehead atoms. The Morgan fingerprint density at radius 2 is 0.689 bits per heavy atom. The van der Waals surface area contributed by atoms with Gasteiger partial charge < -0.3 is 26.7 Å². The van der Waals surface area contributed by atoms with Gasteiger partial charge >= 0.3 is 37.6 Å². The molecule has 0 aliphatic rings. The molecule has 0 aromatic rings. The van der Waals surface area contributed by atoms with Crippen molar-refractivity contribution in [3.63, 3.8) is 0 Å². The molecule has 0 aliphatic heterocycles. The van der Waals surface area contributed by atoms with E-state index < -0.39 is 54.3 Å². The molecule has 0 fully saturated rings. The molecule has 0 saturated carbocycles. The number of rotatable bonds is 30. The highest BCUT2D eigenvalue weighted by Gasteiger charge is 2.48. The molecule has 0 aliphatic carbocycles. The van der Waals surface area contributed by atoms with Crippen molar-refractivity contribution in [1.29, 1.82) is 0 Å². The van der Waals surface area contributed by atoms with Gasteiger partial charge in [0.05, 0.1) is 0 Å². The Labute approximate surface area is 282 Å². The van der Waals surface area contributed by atoms with E-state index in [0.29, 0.717) is 0 Å². The van der Waals surface area contributed by atoms with Crippen LogP contribution in [0.25, 0.3) is 0 Å². The van der Waals surface area contributed by atoms with Crippen molar-refractivity contribution in [3.05, 3.63) is 0 Å². The Bertz CT molecular complexity index is 818. The third-order valence-corrected chi connectivity index (χ3v) is 25.8. The molecule has 2 unspecified atom stereocenters. The van der Waals surface area contributed by atoms with E-state index in [1.54, 1.807) is 0 Å². The van der Waals surface area contributed by atoms with Crippen molar-refractivity contribution in [1.82, 2.24) is 0 Å². The molecule has 0 rings (SSSR count). The highest BCUT2D eigenvalue weighted by Crippen LogP contribution is 2.33. The number of aliphatic carboxylic acids is 2. The number of hydrogen-bond donors (Lipinski definition) is 2. The minimum Gasteiger partial charge on any atom is -0.481 e. The fraction of sp³-hybridized carbons (Fsp3) is 0.938. The van der Waals surface area contributed by atoms with Crippen LogP contribution in [0.5, 0.6) is 0 Å². The summed E-state index contributed by atoms with van der Waals surface area (Å²) in [5, 5.41) is 17.6. The number of carboxylic acids is 2. The van der Waals surface area contributed by atoms with Crippen LogP contribution in [0, 0.1) is 0 Å². The fourth-order valence-corrected chi connectivity index (χ4v) is 30.1. The Kier molecular flexibility index (Phi) is 22.4. The summed E-state index contributed by atoms with van der Waals surface area (Å²) in [5.41, 5.74) is 0. The van der Waals surface area contributed by atoms with Gasteiger partial charge in [0, 0.05) is 12.8 Å². The maximum Gasteiger partial charge on any atom is 0.317 e. The number of carbonyl (C=O) groups is 2. The van der Waals surface area contributed by atoms with E-state index in [9.17, 15) is 9.59 Å². The van der Waals surface area contributed by atoms with Crippen LogP contribution in [0.2, 0.25) is 77.6 Å². The van der Waals surface area contributed by atoms with Gasteiger partial charge in [0.15, 0.2) is 16.6 Å². The Balaban J connectivity index is 5.19. The van der Waals surface area contributed by atoms with Crippen molar-refractivity contribution < 1.29 is 36.3 Å². The van der Waals surface area contributed by atoms with E-state index >= 15 is 0 Å². The van der Waals surface area contributed by atoms with Crippen LogP contribution >= 0.6 is 0 Å². The van der Waals surface area contributed by atoms with E-state index in [4.69, 9.17) is 26.7 Å². The van der Waals surface area contributed by atoms with Crippen LogP contribution in [0.3, 0.4) is 0 Å².